The van der Waals surface area contributed by atoms with Crippen LogP contribution in [-0.4, -0.2) is 41.6 Å². The number of carboxylic acids is 1. The molecule has 0 aliphatic carbocycles. The molecule has 1 aliphatic rings. The van der Waals surface area contributed by atoms with Gasteiger partial charge in [0.2, 0.25) is 0 Å². The second-order valence-corrected chi connectivity index (χ2v) is 6.44. The van der Waals surface area contributed by atoms with Gasteiger partial charge in [-0.25, -0.2) is 4.79 Å². The Morgan fingerprint density at radius 2 is 2.09 bits per heavy atom. The lowest BCUT2D eigenvalue weighted by Gasteiger charge is -2.22. The van der Waals surface area contributed by atoms with Crippen molar-refractivity contribution in [1.29, 1.82) is 0 Å². The zero-order valence-corrected chi connectivity index (χ0v) is 13.8. The fraction of sp³-hybridized carbons (Fsp3) is 0.556. The highest BCUT2D eigenvalue weighted by atomic mass is 16.5. The topological polar surface area (TPSA) is 66.8 Å². The third-order valence-corrected chi connectivity index (χ3v) is 4.45. The molecule has 1 aliphatic heterocycles. The minimum atomic E-state index is -1.03. The number of carbonyl (C=O) groups is 2. The summed E-state index contributed by atoms with van der Waals surface area (Å²) in [6.45, 7) is 5.64. The van der Waals surface area contributed by atoms with Crippen LogP contribution in [0.3, 0.4) is 0 Å². The molecule has 0 saturated carbocycles. The van der Waals surface area contributed by atoms with Crippen LogP contribution in [0.4, 0.5) is 0 Å². The predicted octanol–water partition coefficient (Wildman–Crippen LogP) is 3.05. The lowest BCUT2D eigenvalue weighted by molar-refractivity contribution is -0.139. The van der Waals surface area contributed by atoms with E-state index in [4.69, 9.17) is 9.84 Å². The summed E-state index contributed by atoms with van der Waals surface area (Å²) in [5.74, 6) is 0.702. The number of rotatable bonds is 5. The Labute approximate surface area is 137 Å². The molecule has 1 fully saturated rings. The van der Waals surface area contributed by atoms with Gasteiger partial charge in [-0.05, 0) is 49.3 Å². The Morgan fingerprint density at radius 1 is 1.30 bits per heavy atom. The summed E-state index contributed by atoms with van der Waals surface area (Å²) in [7, 11) is 0. The van der Waals surface area contributed by atoms with Crippen LogP contribution >= 0.6 is 0 Å². The molecule has 2 rings (SSSR count). The zero-order chi connectivity index (χ0) is 16.8. The molecule has 0 spiro atoms. The molecule has 0 aromatic heterocycles. The Balaban J connectivity index is 2.02. The minimum absolute atomic E-state index is 0.00446. The number of carboxylic acid groups (broad SMARTS) is 1. The van der Waals surface area contributed by atoms with Gasteiger partial charge in [0.1, 0.15) is 5.75 Å². The van der Waals surface area contributed by atoms with E-state index in [0.717, 1.165) is 25.9 Å². The summed E-state index contributed by atoms with van der Waals surface area (Å²) in [5, 5.41) is 8.66. The van der Waals surface area contributed by atoms with Gasteiger partial charge in [-0.2, -0.15) is 0 Å². The first-order chi connectivity index (χ1) is 11.0. The molecule has 1 heterocycles. The van der Waals surface area contributed by atoms with Crippen molar-refractivity contribution < 1.29 is 19.4 Å². The Bertz CT molecular complexity index is 556. The van der Waals surface area contributed by atoms with Crippen LogP contribution < -0.4 is 4.74 Å². The third-order valence-electron chi connectivity index (χ3n) is 4.45. The van der Waals surface area contributed by atoms with Gasteiger partial charge in [-0.3, -0.25) is 4.79 Å². The smallest absolute Gasteiger partial charge is 0.341 e. The van der Waals surface area contributed by atoms with Crippen LogP contribution in [-0.2, 0) is 4.79 Å². The van der Waals surface area contributed by atoms with Gasteiger partial charge in [0, 0.05) is 18.7 Å². The van der Waals surface area contributed by atoms with E-state index in [-0.39, 0.29) is 5.91 Å². The minimum Gasteiger partial charge on any atom is -0.482 e. The number of hydrogen-bond donors (Lipinski definition) is 1. The standard InChI is InChI=1S/C18H25NO4/c1-13(2)14-6-4-9-19(10-8-14)18(22)15-5-3-7-16(11-15)23-12-17(20)21/h3,5,7,11,13-14H,4,6,8-10,12H2,1-2H3,(H,20,21). The largest absolute Gasteiger partial charge is 0.482 e. The van der Waals surface area contributed by atoms with Crippen molar-refractivity contribution >= 4 is 11.9 Å². The SMILES string of the molecule is CC(C)C1CCCN(C(=O)c2cccc(OCC(=O)O)c2)CC1. The molecule has 126 valence electrons. The molecule has 0 bridgehead atoms. The molecule has 1 unspecified atom stereocenters. The highest BCUT2D eigenvalue weighted by Crippen LogP contribution is 2.25. The van der Waals surface area contributed by atoms with Crippen LogP contribution in [0.2, 0.25) is 0 Å². The first kappa shape index (κ1) is 17.3. The van der Waals surface area contributed by atoms with E-state index in [0.29, 0.717) is 23.1 Å². The number of aliphatic carboxylic acids is 1. The van der Waals surface area contributed by atoms with Gasteiger partial charge in [0.05, 0.1) is 0 Å². The second-order valence-electron chi connectivity index (χ2n) is 6.44. The van der Waals surface area contributed by atoms with Gasteiger partial charge >= 0.3 is 5.97 Å². The summed E-state index contributed by atoms with van der Waals surface area (Å²) in [4.78, 5) is 25.1. The summed E-state index contributed by atoms with van der Waals surface area (Å²) in [6, 6.07) is 6.76. The van der Waals surface area contributed by atoms with Gasteiger partial charge in [0.25, 0.3) is 5.91 Å². The van der Waals surface area contributed by atoms with Crippen molar-refractivity contribution in [3.8, 4) is 5.75 Å². The Kier molecular flexibility index (Phi) is 6.02. The zero-order valence-electron chi connectivity index (χ0n) is 13.8. The third kappa shape index (κ3) is 4.98. The summed E-state index contributed by atoms with van der Waals surface area (Å²) in [5.41, 5.74) is 0.552. The number of likely N-dealkylation sites (tertiary alicyclic amines) is 1. The lowest BCUT2D eigenvalue weighted by Crippen LogP contribution is -2.32. The molecule has 0 radical (unpaired) electrons. The molecular formula is C18H25NO4. The first-order valence-corrected chi connectivity index (χ1v) is 8.21. The first-order valence-electron chi connectivity index (χ1n) is 8.21. The van der Waals surface area contributed by atoms with Crippen molar-refractivity contribution in [3.05, 3.63) is 29.8 Å². The number of amides is 1. The van der Waals surface area contributed by atoms with Crippen LogP contribution in [0.5, 0.6) is 5.75 Å². The van der Waals surface area contributed by atoms with E-state index in [1.54, 1.807) is 24.3 Å². The molecule has 5 nitrogen and oxygen atoms in total. The molecule has 1 aromatic carbocycles. The van der Waals surface area contributed by atoms with Gasteiger partial charge < -0.3 is 14.7 Å². The number of nitrogens with zero attached hydrogens (tertiary/aromatic N) is 1. The number of hydrogen-bond acceptors (Lipinski definition) is 3. The molecule has 1 N–H and O–H groups in total. The predicted molar refractivity (Wildman–Crippen MR) is 87.7 cm³/mol. The number of carbonyl (C=O) groups excluding carboxylic acids is 1. The summed E-state index contributed by atoms with van der Waals surface area (Å²) in [6.07, 6.45) is 3.24. The highest BCUT2D eigenvalue weighted by Gasteiger charge is 2.23. The monoisotopic (exact) mass is 319 g/mol. The maximum Gasteiger partial charge on any atom is 0.341 e. The van der Waals surface area contributed by atoms with E-state index in [1.807, 2.05) is 4.90 Å². The fourth-order valence-corrected chi connectivity index (χ4v) is 3.04. The average molecular weight is 319 g/mol. The second kappa shape index (κ2) is 7.99. The maximum atomic E-state index is 12.7. The van der Waals surface area contributed by atoms with Crippen molar-refractivity contribution in [2.45, 2.75) is 33.1 Å². The van der Waals surface area contributed by atoms with Crippen molar-refractivity contribution in [3.63, 3.8) is 0 Å². The Hall–Kier alpha value is -2.04. The molecule has 1 atom stereocenters. The van der Waals surface area contributed by atoms with Gasteiger partial charge in [0.15, 0.2) is 6.61 Å². The van der Waals surface area contributed by atoms with Crippen molar-refractivity contribution in [1.82, 2.24) is 4.90 Å². The fourth-order valence-electron chi connectivity index (χ4n) is 3.04. The van der Waals surface area contributed by atoms with Crippen LogP contribution in [0.1, 0.15) is 43.5 Å². The van der Waals surface area contributed by atoms with Crippen LogP contribution in [0.15, 0.2) is 24.3 Å². The molecule has 1 saturated heterocycles. The van der Waals surface area contributed by atoms with Crippen LogP contribution in [0.25, 0.3) is 0 Å². The molecule has 1 amide bonds. The quantitative estimate of drug-likeness (QED) is 0.906. The molecule has 1 aromatic rings. The summed E-state index contributed by atoms with van der Waals surface area (Å²) < 4.78 is 5.15. The Morgan fingerprint density at radius 3 is 2.78 bits per heavy atom. The van der Waals surface area contributed by atoms with E-state index in [2.05, 4.69) is 13.8 Å². The van der Waals surface area contributed by atoms with Crippen LogP contribution in [0, 0.1) is 11.8 Å². The van der Waals surface area contributed by atoms with E-state index in [1.165, 1.54) is 6.42 Å². The summed E-state index contributed by atoms with van der Waals surface area (Å²) >= 11 is 0. The van der Waals surface area contributed by atoms with Crippen molar-refractivity contribution in [2.75, 3.05) is 19.7 Å². The number of benzene rings is 1. The molecular weight excluding hydrogens is 294 g/mol. The van der Waals surface area contributed by atoms with Gasteiger partial charge in [-0.15, -0.1) is 0 Å². The normalized spacial score (nSPS) is 18.6. The van der Waals surface area contributed by atoms with E-state index >= 15 is 0 Å². The van der Waals surface area contributed by atoms with E-state index in [9.17, 15) is 9.59 Å². The lowest BCUT2D eigenvalue weighted by atomic mass is 9.89. The molecule has 23 heavy (non-hydrogen) atoms. The van der Waals surface area contributed by atoms with E-state index < -0.39 is 12.6 Å². The maximum absolute atomic E-state index is 12.7. The number of ether oxygens (including phenoxy) is 1. The highest BCUT2D eigenvalue weighted by molar-refractivity contribution is 5.94. The van der Waals surface area contributed by atoms with Gasteiger partial charge in [-0.1, -0.05) is 19.9 Å². The molecule has 5 heteroatoms. The average Bonchev–Trinajstić information content (AvgIpc) is 2.78. The van der Waals surface area contributed by atoms with Crippen molar-refractivity contribution in [2.24, 2.45) is 11.8 Å².